The van der Waals surface area contributed by atoms with Gasteiger partial charge in [-0.25, -0.2) is 0 Å². The summed E-state index contributed by atoms with van der Waals surface area (Å²) in [6, 6.07) is 7.87. The van der Waals surface area contributed by atoms with Gasteiger partial charge in [-0.2, -0.15) is 0 Å². The van der Waals surface area contributed by atoms with Crippen LogP contribution in [0.2, 0.25) is 0 Å². The molecule has 2 N–H and O–H groups in total. The number of rotatable bonds is 5. The van der Waals surface area contributed by atoms with E-state index in [4.69, 9.17) is 9.57 Å². The van der Waals surface area contributed by atoms with Crippen LogP contribution >= 0.6 is 0 Å². The van der Waals surface area contributed by atoms with E-state index in [-0.39, 0.29) is 12.1 Å². The first-order chi connectivity index (χ1) is 9.19. The summed E-state index contributed by atoms with van der Waals surface area (Å²) < 4.78 is 5.27. The van der Waals surface area contributed by atoms with E-state index in [0.717, 1.165) is 37.6 Å². The minimum Gasteiger partial charge on any atom is -0.493 e. The normalized spacial score (nSPS) is 21.9. The van der Waals surface area contributed by atoms with Crippen LogP contribution in [0.5, 0.6) is 11.5 Å². The highest BCUT2D eigenvalue weighted by Gasteiger charge is 2.22. The van der Waals surface area contributed by atoms with Crippen molar-refractivity contribution in [2.45, 2.75) is 25.5 Å². The molecule has 5 heteroatoms. The highest BCUT2D eigenvalue weighted by Crippen LogP contribution is 2.26. The van der Waals surface area contributed by atoms with Crippen molar-refractivity contribution in [1.82, 2.24) is 10.4 Å². The second kappa shape index (κ2) is 6.75. The zero-order chi connectivity index (χ0) is 13.7. The first-order valence-corrected chi connectivity index (χ1v) is 6.66. The summed E-state index contributed by atoms with van der Waals surface area (Å²) in [5.74, 6) is 1.45. The van der Waals surface area contributed by atoms with Gasteiger partial charge in [0.2, 0.25) is 0 Å². The number of hydroxylamine groups is 2. The van der Waals surface area contributed by atoms with E-state index >= 15 is 0 Å². The number of nitrogens with one attached hydrogen (secondary N) is 1. The molecule has 0 amide bonds. The molecule has 0 spiro atoms. The van der Waals surface area contributed by atoms with E-state index in [1.807, 2.05) is 36.3 Å². The summed E-state index contributed by atoms with van der Waals surface area (Å²) in [5.41, 5.74) is 0. The lowest BCUT2D eigenvalue weighted by Crippen LogP contribution is -2.52. The number of ether oxygens (including phenoxy) is 1. The molecule has 1 fully saturated rings. The van der Waals surface area contributed by atoms with Crippen molar-refractivity contribution < 1.29 is 14.7 Å². The Labute approximate surface area is 114 Å². The number of aliphatic hydroxyl groups excluding tert-OH is 1. The summed E-state index contributed by atoms with van der Waals surface area (Å²) in [4.78, 5) is 5.88. The van der Waals surface area contributed by atoms with Crippen LogP contribution in [-0.2, 0) is 0 Å². The minimum atomic E-state index is -0.302. The third kappa shape index (κ3) is 4.09. The van der Waals surface area contributed by atoms with E-state index in [0.29, 0.717) is 0 Å². The third-order valence-electron chi connectivity index (χ3n) is 3.14. The van der Waals surface area contributed by atoms with Crippen LogP contribution in [0.3, 0.4) is 0 Å². The van der Waals surface area contributed by atoms with Crippen molar-refractivity contribution >= 4 is 0 Å². The maximum Gasteiger partial charge on any atom is 0.189 e. The van der Waals surface area contributed by atoms with Crippen LogP contribution in [0.25, 0.3) is 0 Å². The average Bonchev–Trinajstić information content (AvgIpc) is 2.39. The molecule has 0 aliphatic carbocycles. The number of piperazine rings is 1. The highest BCUT2D eigenvalue weighted by molar-refractivity contribution is 5.39. The Bertz CT molecular complexity index is 398. The number of hydrogen-bond acceptors (Lipinski definition) is 5. The molecule has 1 aliphatic heterocycles. The largest absolute Gasteiger partial charge is 0.493 e. The second-order valence-electron chi connectivity index (χ2n) is 4.87. The van der Waals surface area contributed by atoms with Crippen LogP contribution in [-0.4, -0.2) is 49.1 Å². The van der Waals surface area contributed by atoms with E-state index in [1.165, 1.54) is 0 Å². The Balaban J connectivity index is 1.95. The molecule has 0 saturated carbocycles. The van der Waals surface area contributed by atoms with E-state index in [1.54, 1.807) is 7.11 Å². The van der Waals surface area contributed by atoms with Gasteiger partial charge in [-0.1, -0.05) is 12.1 Å². The molecule has 1 heterocycles. The molecular weight excluding hydrogens is 244 g/mol. The summed E-state index contributed by atoms with van der Waals surface area (Å²) >= 11 is 0. The number of nitrogens with zero attached hydrogens (tertiary/aromatic N) is 1. The summed E-state index contributed by atoms with van der Waals surface area (Å²) in [6.45, 7) is 4.23. The number of hydrogen-bond donors (Lipinski definition) is 2. The van der Waals surface area contributed by atoms with E-state index in [9.17, 15) is 5.11 Å². The molecule has 0 radical (unpaired) electrons. The van der Waals surface area contributed by atoms with Gasteiger partial charge in [0.15, 0.2) is 11.5 Å². The van der Waals surface area contributed by atoms with Crippen LogP contribution in [0.4, 0.5) is 0 Å². The number of aliphatic hydroxyl groups is 1. The number of para-hydroxylation sites is 2. The fraction of sp³-hybridized carbons (Fsp3) is 0.571. The van der Waals surface area contributed by atoms with Crippen molar-refractivity contribution in [2.75, 3.05) is 26.7 Å². The molecule has 19 heavy (non-hydrogen) atoms. The topological polar surface area (TPSA) is 54.0 Å². The van der Waals surface area contributed by atoms with Crippen LogP contribution in [0.15, 0.2) is 24.3 Å². The first-order valence-electron chi connectivity index (χ1n) is 6.66. The van der Waals surface area contributed by atoms with E-state index in [2.05, 4.69) is 5.32 Å². The molecule has 106 valence electrons. The average molecular weight is 266 g/mol. The first kappa shape index (κ1) is 14.1. The second-order valence-corrected chi connectivity index (χ2v) is 4.87. The molecule has 1 unspecified atom stereocenters. The van der Waals surface area contributed by atoms with Crippen molar-refractivity contribution in [1.29, 1.82) is 0 Å². The SMILES string of the molecule is COc1ccccc1ON1CCNC(C[C@@H](C)O)C1. The molecule has 0 bridgehead atoms. The monoisotopic (exact) mass is 266 g/mol. The Morgan fingerprint density at radius 3 is 2.84 bits per heavy atom. The lowest BCUT2D eigenvalue weighted by molar-refractivity contribution is -0.0824. The van der Waals surface area contributed by atoms with Gasteiger partial charge in [-0.3, -0.25) is 0 Å². The maximum atomic E-state index is 9.44. The van der Waals surface area contributed by atoms with Crippen LogP contribution in [0, 0.1) is 0 Å². The van der Waals surface area contributed by atoms with E-state index < -0.39 is 0 Å². The molecule has 1 aliphatic rings. The standard InChI is InChI=1S/C14H22N2O3/c1-11(17)9-12-10-16(8-7-15-12)19-14-6-4-3-5-13(14)18-2/h3-6,11-12,15,17H,7-10H2,1-2H3/t11-,12?/m1/s1. The van der Waals surface area contributed by atoms with Crippen molar-refractivity contribution in [2.24, 2.45) is 0 Å². The summed E-state index contributed by atoms with van der Waals surface area (Å²) in [5, 5.41) is 14.7. The summed E-state index contributed by atoms with van der Waals surface area (Å²) in [6.07, 6.45) is 0.426. The van der Waals surface area contributed by atoms with Crippen LogP contribution in [0.1, 0.15) is 13.3 Å². The Hall–Kier alpha value is -1.30. The zero-order valence-electron chi connectivity index (χ0n) is 11.5. The van der Waals surface area contributed by atoms with Gasteiger partial charge in [0.05, 0.1) is 19.8 Å². The molecule has 2 atom stereocenters. The molecular formula is C14H22N2O3. The Morgan fingerprint density at radius 2 is 2.16 bits per heavy atom. The lowest BCUT2D eigenvalue weighted by atomic mass is 10.1. The molecule has 1 aromatic rings. The predicted molar refractivity (Wildman–Crippen MR) is 73.3 cm³/mol. The number of benzene rings is 1. The van der Waals surface area contributed by atoms with Crippen molar-refractivity contribution in [3.63, 3.8) is 0 Å². The van der Waals surface area contributed by atoms with Gasteiger partial charge in [0, 0.05) is 19.1 Å². The lowest BCUT2D eigenvalue weighted by Gasteiger charge is -2.33. The predicted octanol–water partition coefficient (Wildman–Crippen LogP) is 1.03. The van der Waals surface area contributed by atoms with Gasteiger partial charge in [0.25, 0.3) is 0 Å². The van der Waals surface area contributed by atoms with Gasteiger partial charge < -0.3 is 20.0 Å². The third-order valence-corrected chi connectivity index (χ3v) is 3.14. The number of methoxy groups -OCH3 is 1. The van der Waals surface area contributed by atoms with Crippen LogP contribution < -0.4 is 14.9 Å². The molecule has 1 aromatic carbocycles. The minimum absolute atomic E-state index is 0.253. The van der Waals surface area contributed by atoms with Crippen molar-refractivity contribution in [3.05, 3.63) is 24.3 Å². The van der Waals surface area contributed by atoms with Gasteiger partial charge in [-0.15, -0.1) is 5.06 Å². The fourth-order valence-electron chi connectivity index (χ4n) is 2.28. The fourth-order valence-corrected chi connectivity index (χ4v) is 2.28. The van der Waals surface area contributed by atoms with Crippen molar-refractivity contribution in [3.8, 4) is 11.5 Å². The van der Waals surface area contributed by atoms with Gasteiger partial charge >= 0.3 is 0 Å². The Kier molecular flexibility index (Phi) is 5.01. The Morgan fingerprint density at radius 1 is 1.42 bits per heavy atom. The highest BCUT2D eigenvalue weighted by atomic mass is 16.7. The maximum absolute atomic E-state index is 9.44. The molecule has 2 rings (SSSR count). The molecule has 5 nitrogen and oxygen atoms in total. The molecule has 0 aromatic heterocycles. The zero-order valence-corrected chi connectivity index (χ0v) is 11.5. The smallest absolute Gasteiger partial charge is 0.189 e. The van der Waals surface area contributed by atoms with Gasteiger partial charge in [0.1, 0.15) is 0 Å². The molecule has 1 saturated heterocycles. The summed E-state index contributed by atoms with van der Waals surface area (Å²) in [7, 11) is 1.64. The van der Waals surface area contributed by atoms with Gasteiger partial charge in [-0.05, 0) is 25.5 Å². The quantitative estimate of drug-likeness (QED) is 0.834.